The quantitative estimate of drug-likeness (QED) is 0.867. The Hall–Kier alpha value is -1.35. The van der Waals surface area contributed by atoms with Gasteiger partial charge in [-0.3, -0.25) is 4.79 Å². The largest absolute Gasteiger partial charge is 0.390 e. The summed E-state index contributed by atoms with van der Waals surface area (Å²) in [5.74, 6) is 1.82. The highest BCUT2D eigenvalue weighted by atomic mass is 16.3. The molecule has 0 radical (unpaired) electrons. The van der Waals surface area contributed by atoms with Gasteiger partial charge in [-0.1, -0.05) is 24.3 Å². The highest BCUT2D eigenvalue weighted by molar-refractivity contribution is 5.82. The summed E-state index contributed by atoms with van der Waals surface area (Å²) >= 11 is 0. The fourth-order valence-corrected chi connectivity index (χ4v) is 3.57. The van der Waals surface area contributed by atoms with Crippen LogP contribution in [-0.4, -0.2) is 17.1 Å². The number of hydrogen-bond acceptors (Lipinski definition) is 2. The summed E-state index contributed by atoms with van der Waals surface area (Å²) in [5.41, 5.74) is 2.25. The summed E-state index contributed by atoms with van der Waals surface area (Å²) in [5, 5.41) is 13.2. The van der Waals surface area contributed by atoms with Crippen LogP contribution in [0.3, 0.4) is 0 Å². The summed E-state index contributed by atoms with van der Waals surface area (Å²) in [7, 11) is 0. The Balaban J connectivity index is 1.46. The molecule has 4 unspecified atom stereocenters. The van der Waals surface area contributed by atoms with Crippen LogP contribution in [0.25, 0.3) is 0 Å². The Bertz CT molecular complexity index is 523. The van der Waals surface area contributed by atoms with Gasteiger partial charge in [0.15, 0.2) is 0 Å². The number of benzene rings is 1. The normalized spacial score (nSPS) is 35.8. The number of carbonyl (C=O) groups is 1. The van der Waals surface area contributed by atoms with Gasteiger partial charge in [0.2, 0.25) is 5.91 Å². The molecular weight excluding hydrogens is 238 g/mol. The number of carbonyl (C=O) groups excluding carboxylic acids is 1. The average Bonchev–Trinajstić information content (AvgIpc) is 3.26. The first-order valence-corrected chi connectivity index (χ1v) is 7.30. The Morgan fingerprint density at radius 1 is 1.26 bits per heavy atom. The van der Waals surface area contributed by atoms with E-state index in [-0.39, 0.29) is 17.9 Å². The molecule has 3 nitrogen and oxygen atoms in total. The van der Waals surface area contributed by atoms with Crippen LogP contribution in [0, 0.1) is 17.8 Å². The molecular formula is C16H19NO2. The fourth-order valence-electron chi connectivity index (χ4n) is 3.57. The number of rotatable bonds is 3. The van der Waals surface area contributed by atoms with E-state index in [1.807, 2.05) is 24.3 Å². The maximum Gasteiger partial charge on any atom is 0.223 e. The molecule has 1 aromatic carbocycles. The minimum absolute atomic E-state index is 0.151. The van der Waals surface area contributed by atoms with Gasteiger partial charge in [0.25, 0.3) is 0 Å². The molecule has 0 bridgehead atoms. The van der Waals surface area contributed by atoms with E-state index in [1.165, 1.54) is 12.8 Å². The van der Waals surface area contributed by atoms with Crippen LogP contribution in [0.2, 0.25) is 0 Å². The van der Waals surface area contributed by atoms with Gasteiger partial charge in [-0.05, 0) is 42.2 Å². The van der Waals surface area contributed by atoms with Gasteiger partial charge >= 0.3 is 0 Å². The Morgan fingerprint density at radius 2 is 2.05 bits per heavy atom. The highest BCUT2D eigenvalue weighted by Crippen LogP contribution is 2.54. The standard InChI is InChI=1S/C16H19NO2/c18-14-7-10-3-1-2-4-11(10)15(14)17-16(19)13-8-12(13)9-5-6-9/h1-4,9,12-15,18H,5-8H2,(H,17,19). The Kier molecular flexibility index (Phi) is 2.46. The van der Waals surface area contributed by atoms with Gasteiger partial charge in [0.05, 0.1) is 12.1 Å². The molecule has 3 aliphatic rings. The van der Waals surface area contributed by atoms with Gasteiger partial charge in [-0.15, -0.1) is 0 Å². The van der Waals surface area contributed by atoms with Crippen molar-refractivity contribution in [1.82, 2.24) is 5.32 Å². The SMILES string of the molecule is O=C(NC1c2ccccc2CC1O)C1CC1C1CC1. The zero-order valence-electron chi connectivity index (χ0n) is 10.9. The lowest BCUT2D eigenvalue weighted by atomic mass is 10.1. The molecule has 3 aliphatic carbocycles. The van der Waals surface area contributed by atoms with E-state index in [1.54, 1.807) is 0 Å². The second-order valence-electron chi connectivity index (χ2n) is 6.30. The fraction of sp³-hybridized carbons (Fsp3) is 0.562. The van der Waals surface area contributed by atoms with Gasteiger partial charge in [-0.2, -0.15) is 0 Å². The lowest BCUT2D eigenvalue weighted by molar-refractivity contribution is -0.124. The van der Waals surface area contributed by atoms with E-state index in [0.29, 0.717) is 12.3 Å². The molecule has 4 rings (SSSR count). The number of hydrogen-bond donors (Lipinski definition) is 2. The van der Waals surface area contributed by atoms with E-state index < -0.39 is 6.10 Å². The maximum atomic E-state index is 12.2. The monoisotopic (exact) mass is 257 g/mol. The second-order valence-corrected chi connectivity index (χ2v) is 6.30. The topological polar surface area (TPSA) is 49.3 Å². The molecule has 100 valence electrons. The van der Waals surface area contributed by atoms with E-state index in [0.717, 1.165) is 23.5 Å². The molecule has 0 aliphatic heterocycles. The third-order valence-electron chi connectivity index (χ3n) is 4.91. The van der Waals surface area contributed by atoms with Crippen molar-refractivity contribution >= 4 is 5.91 Å². The molecule has 0 heterocycles. The maximum absolute atomic E-state index is 12.2. The molecule has 0 saturated heterocycles. The molecule has 4 atom stereocenters. The lowest BCUT2D eigenvalue weighted by Crippen LogP contribution is -2.35. The first-order chi connectivity index (χ1) is 9.24. The van der Waals surface area contributed by atoms with Crippen LogP contribution in [0.4, 0.5) is 0 Å². The van der Waals surface area contributed by atoms with Crippen LogP contribution in [0.15, 0.2) is 24.3 Å². The van der Waals surface area contributed by atoms with Crippen LogP contribution in [-0.2, 0) is 11.2 Å². The van der Waals surface area contributed by atoms with Gasteiger partial charge in [0, 0.05) is 12.3 Å². The predicted octanol–water partition coefficient (Wildman–Crippen LogP) is 1.81. The van der Waals surface area contributed by atoms with Gasteiger partial charge in [0.1, 0.15) is 0 Å². The molecule has 1 amide bonds. The van der Waals surface area contributed by atoms with E-state index in [9.17, 15) is 9.90 Å². The van der Waals surface area contributed by atoms with Crippen molar-refractivity contribution in [2.75, 3.05) is 0 Å². The molecule has 1 aromatic rings. The van der Waals surface area contributed by atoms with Crippen LogP contribution < -0.4 is 5.32 Å². The van der Waals surface area contributed by atoms with Crippen molar-refractivity contribution < 1.29 is 9.90 Å². The van der Waals surface area contributed by atoms with Crippen LogP contribution in [0.5, 0.6) is 0 Å². The summed E-state index contributed by atoms with van der Waals surface area (Å²) in [6.07, 6.45) is 3.85. The van der Waals surface area contributed by atoms with Crippen molar-refractivity contribution in [3.63, 3.8) is 0 Å². The minimum atomic E-state index is -0.473. The lowest BCUT2D eigenvalue weighted by Gasteiger charge is -2.18. The van der Waals surface area contributed by atoms with Gasteiger partial charge in [-0.25, -0.2) is 0 Å². The van der Waals surface area contributed by atoms with Gasteiger partial charge < -0.3 is 10.4 Å². The number of amides is 1. The number of aliphatic hydroxyl groups excluding tert-OH is 1. The van der Waals surface area contributed by atoms with E-state index in [2.05, 4.69) is 5.32 Å². The summed E-state index contributed by atoms with van der Waals surface area (Å²) in [6.45, 7) is 0. The van der Waals surface area contributed by atoms with Crippen molar-refractivity contribution in [2.45, 2.75) is 37.8 Å². The molecule has 2 N–H and O–H groups in total. The molecule has 0 spiro atoms. The summed E-state index contributed by atoms with van der Waals surface area (Å²) in [4.78, 5) is 12.2. The first kappa shape index (κ1) is 11.5. The van der Waals surface area contributed by atoms with Crippen molar-refractivity contribution in [2.24, 2.45) is 17.8 Å². The molecule has 0 aromatic heterocycles. The summed E-state index contributed by atoms with van der Waals surface area (Å²) < 4.78 is 0. The van der Waals surface area contributed by atoms with Crippen molar-refractivity contribution in [3.8, 4) is 0 Å². The Labute approximate surface area is 113 Å². The van der Waals surface area contributed by atoms with E-state index >= 15 is 0 Å². The van der Waals surface area contributed by atoms with Crippen LogP contribution in [0.1, 0.15) is 36.4 Å². The molecule has 2 saturated carbocycles. The third-order valence-corrected chi connectivity index (χ3v) is 4.91. The zero-order chi connectivity index (χ0) is 13.0. The average molecular weight is 257 g/mol. The molecule has 3 heteroatoms. The smallest absolute Gasteiger partial charge is 0.223 e. The number of aliphatic hydroxyl groups is 1. The predicted molar refractivity (Wildman–Crippen MR) is 71.4 cm³/mol. The highest BCUT2D eigenvalue weighted by Gasteiger charge is 2.51. The van der Waals surface area contributed by atoms with E-state index in [4.69, 9.17) is 0 Å². The summed E-state index contributed by atoms with van der Waals surface area (Å²) in [6, 6.07) is 7.81. The Morgan fingerprint density at radius 3 is 2.84 bits per heavy atom. The number of nitrogens with one attached hydrogen (secondary N) is 1. The third kappa shape index (κ3) is 1.96. The number of fused-ring (bicyclic) bond motifs is 1. The van der Waals surface area contributed by atoms with Crippen LogP contribution >= 0.6 is 0 Å². The molecule has 2 fully saturated rings. The zero-order valence-corrected chi connectivity index (χ0v) is 10.9. The first-order valence-electron chi connectivity index (χ1n) is 7.30. The van der Waals surface area contributed by atoms with Crippen molar-refractivity contribution in [1.29, 1.82) is 0 Å². The molecule has 19 heavy (non-hydrogen) atoms. The minimum Gasteiger partial charge on any atom is -0.390 e. The van der Waals surface area contributed by atoms with Crippen molar-refractivity contribution in [3.05, 3.63) is 35.4 Å². The second kappa shape index (κ2) is 4.07.